The standard InChI is InChI=1S/C63H102O6/c1-4-7-10-13-16-19-22-25-28-30-31-33-36-39-42-45-48-51-54-57-63(66)69-60(58-67-61(64)55-52-49-46-43-40-37-34-27-24-21-18-15-12-9-6-3)59-68-62(65)56-53-50-47-44-41-38-35-32-29-26-23-20-17-14-11-8-5-2/h16-17,19-21,24-26,28-29,31,33,35,38-39,42,44,47-48,51,60H,4-15,18,22-23,27,30,32,34,36-37,40-41,43,45-46,49-50,52-59H2,1-3H3/b19-16-,20-17-,24-21-,28-25-,29-26-,33-31-,38-35-,42-39-,47-44-,51-48-/t60-/m0/s1. The van der Waals surface area contributed by atoms with Gasteiger partial charge in [0.1, 0.15) is 13.2 Å². The van der Waals surface area contributed by atoms with E-state index in [4.69, 9.17) is 14.2 Å². The third-order valence-electron chi connectivity index (χ3n) is 11.4. The van der Waals surface area contributed by atoms with E-state index in [9.17, 15) is 14.4 Å². The first kappa shape index (κ1) is 64.8. The molecular formula is C63H102O6. The van der Waals surface area contributed by atoms with Crippen molar-refractivity contribution in [3.8, 4) is 0 Å². The van der Waals surface area contributed by atoms with Crippen molar-refractivity contribution >= 4 is 17.9 Å². The molecule has 0 fully saturated rings. The van der Waals surface area contributed by atoms with Crippen molar-refractivity contribution in [2.24, 2.45) is 0 Å². The van der Waals surface area contributed by atoms with Gasteiger partial charge in [-0.1, -0.05) is 219 Å². The number of unbranched alkanes of at least 4 members (excludes halogenated alkanes) is 18. The van der Waals surface area contributed by atoms with Gasteiger partial charge >= 0.3 is 17.9 Å². The molecule has 390 valence electrons. The number of carbonyl (C=O) groups is 3. The van der Waals surface area contributed by atoms with E-state index in [1.54, 1.807) is 0 Å². The van der Waals surface area contributed by atoms with Crippen molar-refractivity contribution in [2.45, 2.75) is 245 Å². The van der Waals surface area contributed by atoms with Crippen molar-refractivity contribution in [1.82, 2.24) is 0 Å². The molecule has 0 bridgehead atoms. The van der Waals surface area contributed by atoms with Crippen molar-refractivity contribution in [1.29, 1.82) is 0 Å². The van der Waals surface area contributed by atoms with Crippen LogP contribution in [0.5, 0.6) is 0 Å². The zero-order chi connectivity index (χ0) is 50.0. The summed E-state index contributed by atoms with van der Waals surface area (Å²) in [6.07, 6.45) is 77.7. The van der Waals surface area contributed by atoms with Gasteiger partial charge < -0.3 is 14.2 Å². The van der Waals surface area contributed by atoms with Gasteiger partial charge in [-0.2, -0.15) is 0 Å². The van der Waals surface area contributed by atoms with E-state index >= 15 is 0 Å². The average molecular weight is 956 g/mol. The highest BCUT2D eigenvalue weighted by Crippen LogP contribution is 2.12. The van der Waals surface area contributed by atoms with E-state index in [1.165, 1.54) is 116 Å². The fourth-order valence-electron chi connectivity index (χ4n) is 7.18. The second kappa shape index (κ2) is 56.4. The summed E-state index contributed by atoms with van der Waals surface area (Å²) in [4.78, 5) is 38.1. The first-order valence-electron chi connectivity index (χ1n) is 28.0. The Labute approximate surface area is 424 Å². The third kappa shape index (κ3) is 54.6. The van der Waals surface area contributed by atoms with Crippen LogP contribution >= 0.6 is 0 Å². The van der Waals surface area contributed by atoms with Gasteiger partial charge in [0.25, 0.3) is 0 Å². The van der Waals surface area contributed by atoms with Crippen LogP contribution in [0.1, 0.15) is 239 Å². The van der Waals surface area contributed by atoms with Gasteiger partial charge in [-0.15, -0.1) is 0 Å². The van der Waals surface area contributed by atoms with Gasteiger partial charge in [-0.3, -0.25) is 14.4 Å². The van der Waals surface area contributed by atoms with Crippen LogP contribution in [0.3, 0.4) is 0 Å². The van der Waals surface area contributed by atoms with E-state index in [1.807, 2.05) is 12.2 Å². The number of hydrogen-bond donors (Lipinski definition) is 0. The number of carbonyl (C=O) groups excluding carboxylic acids is 3. The van der Waals surface area contributed by atoms with Crippen LogP contribution < -0.4 is 0 Å². The molecule has 6 nitrogen and oxygen atoms in total. The van der Waals surface area contributed by atoms with E-state index < -0.39 is 12.1 Å². The van der Waals surface area contributed by atoms with Crippen molar-refractivity contribution in [3.63, 3.8) is 0 Å². The van der Waals surface area contributed by atoms with Gasteiger partial charge in [-0.05, 0) is 122 Å². The van der Waals surface area contributed by atoms with Crippen LogP contribution in [0.25, 0.3) is 0 Å². The Bertz CT molecular complexity index is 1470. The van der Waals surface area contributed by atoms with E-state index in [2.05, 4.69) is 130 Å². The molecule has 0 aliphatic rings. The summed E-state index contributed by atoms with van der Waals surface area (Å²) in [5.74, 6) is -1.08. The van der Waals surface area contributed by atoms with Gasteiger partial charge in [0.15, 0.2) is 6.10 Å². The highest BCUT2D eigenvalue weighted by molar-refractivity contribution is 5.71. The Hall–Kier alpha value is -4.19. The molecule has 69 heavy (non-hydrogen) atoms. The summed E-state index contributed by atoms with van der Waals surface area (Å²) in [6, 6.07) is 0. The Morgan fingerprint density at radius 1 is 0.290 bits per heavy atom. The van der Waals surface area contributed by atoms with Crippen molar-refractivity contribution < 1.29 is 28.6 Å². The molecule has 0 radical (unpaired) electrons. The summed E-state index contributed by atoms with van der Waals surface area (Å²) >= 11 is 0. The van der Waals surface area contributed by atoms with Gasteiger partial charge in [-0.25, -0.2) is 0 Å². The predicted molar refractivity (Wildman–Crippen MR) is 297 cm³/mol. The highest BCUT2D eigenvalue weighted by Gasteiger charge is 2.19. The molecule has 0 spiro atoms. The second-order valence-corrected chi connectivity index (χ2v) is 18.1. The molecule has 0 saturated carbocycles. The predicted octanol–water partition coefficient (Wildman–Crippen LogP) is 18.9. The molecule has 0 aromatic rings. The molecule has 0 amide bonds. The Balaban J connectivity index is 4.61. The Morgan fingerprint density at radius 3 is 0.971 bits per heavy atom. The molecule has 0 heterocycles. The quantitative estimate of drug-likeness (QED) is 0.0262. The summed E-state index contributed by atoms with van der Waals surface area (Å²) in [5, 5.41) is 0. The molecular weight excluding hydrogens is 853 g/mol. The lowest BCUT2D eigenvalue weighted by Gasteiger charge is -2.18. The van der Waals surface area contributed by atoms with Crippen LogP contribution in [-0.4, -0.2) is 37.2 Å². The summed E-state index contributed by atoms with van der Waals surface area (Å²) < 4.78 is 16.7. The molecule has 0 saturated heterocycles. The van der Waals surface area contributed by atoms with Crippen LogP contribution in [0.15, 0.2) is 122 Å². The highest BCUT2D eigenvalue weighted by atomic mass is 16.6. The third-order valence-corrected chi connectivity index (χ3v) is 11.4. The van der Waals surface area contributed by atoms with E-state index in [0.29, 0.717) is 19.3 Å². The molecule has 0 aliphatic carbocycles. The largest absolute Gasteiger partial charge is 0.462 e. The molecule has 0 aromatic carbocycles. The topological polar surface area (TPSA) is 78.9 Å². The fraction of sp³-hybridized carbons (Fsp3) is 0.635. The molecule has 0 aliphatic heterocycles. The molecule has 0 rings (SSSR count). The molecule has 1 atom stereocenters. The lowest BCUT2D eigenvalue weighted by Crippen LogP contribution is -2.30. The minimum Gasteiger partial charge on any atom is -0.462 e. The zero-order valence-electron chi connectivity index (χ0n) is 44.5. The molecule has 6 heteroatoms. The SMILES string of the molecule is CCCCC/C=C\C/C=C\C/C=C\C/C=C\C/C=C\CCC(=O)O[C@H](COC(=O)CCC/C=C\C/C=C\C/C=C\C/C=C\CCCCC)COC(=O)CCCCCCCCC/C=C\CCCCCC. The minimum absolute atomic E-state index is 0.130. The van der Waals surface area contributed by atoms with Crippen LogP contribution in [-0.2, 0) is 28.6 Å². The maximum atomic E-state index is 12.8. The normalized spacial score (nSPS) is 13.0. The number of allylic oxidation sites excluding steroid dienone is 20. The zero-order valence-corrected chi connectivity index (χ0v) is 44.5. The number of esters is 3. The maximum absolute atomic E-state index is 12.8. The van der Waals surface area contributed by atoms with Crippen molar-refractivity contribution in [3.05, 3.63) is 122 Å². The van der Waals surface area contributed by atoms with Crippen LogP contribution in [0.4, 0.5) is 0 Å². The summed E-state index contributed by atoms with van der Waals surface area (Å²) in [5.41, 5.74) is 0. The van der Waals surface area contributed by atoms with Gasteiger partial charge in [0, 0.05) is 19.3 Å². The van der Waals surface area contributed by atoms with Gasteiger partial charge in [0.2, 0.25) is 0 Å². The average Bonchev–Trinajstić information content (AvgIpc) is 3.35. The molecule has 0 N–H and O–H groups in total. The minimum atomic E-state index is -0.845. The summed E-state index contributed by atoms with van der Waals surface area (Å²) in [7, 11) is 0. The monoisotopic (exact) mass is 955 g/mol. The van der Waals surface area contributed by atoms with E-state index in [0.717, 1.165) is 70.6 Å². The van der Waals surface area contributed by atoms with Crippen LogP contribution in [0.2, 0.25) is 0 Å². The number of rotatable bonds is 49. The number of hydrogen-bond acceptors (Lipinski definition) is 6. The maximum Gasteiger partial charge on any atom is 0.306 e. The lowest BCUT2D eigenvalue weighted by atomic mass is 10.1. The Morgan fingerprint density at radius 2 is 0.565 bits per heavy atom. The second-order valence-electron chi connectivity index (χ2n) is 18.1. The fourth-order valence-corrected chi connectivity index (χ4v) is 7.18. The lowest BCUT2D eigenvalue weighted by molar-refractivity contribution is -0.166. The van der Waals surface area contributed by atoms with E-state index in [-0.39, 0.29) is 38.0 Å². The molecule has 0 unspecified atom stereocenters. The first-order valence-corrected chi connectivity index (χ1v) is 28.0. The van der Waals surface area contributed by atoms with Crippen LogP contribution in [0, 0.1) is 0 Å². The Kier molecular flexibility index (Phi) is 53.0. The number of ether oxygens (including phenoxy) is 3. The smallest absolute Gasteiger partial charge is 0.306 e. The molecule has 0 aromatic heterocycles. The van der Waals surface area contributed by atoms with Gasteiger partial charge in [0.05, 0.1) is 0 Å². The first-order chi connectivity index (χ1) is 34.0. The van der Waals surface area contributed by atoms with Crippen molar-refractivity contribution in [2.75, 3.05) is 13.2 Å². The summed E-state index contributed by atoms with van der Waals surface area (Å²) in [6.45, 7) is 6.45.